The topological polar surface area (TPSA) is 58.5 Å². The third-order valence-corrected chi connectivity index (χ3v) is 3.68. The van der Waals surface area contributed by atoms with Crippen LogP contribution in [0.5, 0.6) is 5.75 Å². The molecular formula is C19H24F3IN4O. The Kier molecular flexibility index (Phi) is 10.0. The maximum Gasteiger partial charge on any atom is 0.422 e. The van der Waals surface area contributed by atoms with Gasteiger partial charge in [-0.15, -0.1) is 24.0 Å². The molecule has 1 aromatic carbocycles. The number of aryl methyl sites for hydroxylation is 1. The van der Waals surface area contributed by atoms with Crippen LogP contribution < -0.4 is 15.4 Å². The molecular weight excluding hydrogens is 484 g/mol. The molecule has 0 spiro atoms. The third-order valence-electron chi connectivity index (χ3n) is 3.68. The fraction of sp³-hybridized carbons (Fsp3) is 0.368. The van der Waals surface area contributed by atoms with E-state index in [1.54, 1.807) is 32.3 Å². The van der Waals surface area contributed by atoms with Crippen LogP contribution in [0.4, 0.5) is 13.2 Å². The smallest absolute Gasteiger partial charge is 0.422 e. The molecule has 9 heteroatoms. The number of aliphatic imine (C=N–C) groups is 1. The predicted molar refractivity (Wildman–Crippen MR) is 114 cm³/mol. The Labute approximate surface area is 179 Å². The van der Waals surface area contributed by atoms with Crippen molar-refractivity contribution in [3.05, 3.63) is 59.4 Å². The van der Waals surface area contributed by atoms with E-state index in [4.69, 9.17) is 4.74 Å². The van der Waals surface area contributed by atoms with E-state index in [0.717, 1.165) is 17.7 Å². The molecule has 0 amide bonds. The Morgan fingerprint density at radius 3 is 2.61 bits per heavy atom. The molecule has 0 atom stereocenters. The highest BCUT2D eigenvalue weighted by Gasteiger charge is 2.28. The molecule has 0 saturated carbocycles. The fourth-order valence-corrected chi connectivity index (χ4v) is 2.36. The van der Waals surface area contributed by atoms with E-state index in [0.29, 0.717) is 18.1 Å². The minimum Gasteiger partial charge on any atom is -0.484 e. The number of ether oxygens (including phenoxy) is 1. The van der Waals surface area contributed by atoms with Gasteiger partial charge in [-0.3, -0.25) is 9.98 Å². The van der Waals surface area contributed by atoms with Crippen molar-refractivity contribution >= 4 is 29.9 Å². The van der Waals surface area contributed by atoms with Crippen LogP contribution in [0.25, 0.3) is 0 Å². The first-order valence-electron chi connectivity index (χ1n) is 8.51. The molecule has 154 valence electrons. The summed E-state index contributed by atoms with van der Waals surface area (Å²) in [7, 11) is 1.63. The molecule has 28 heavy (non-hydrogen) atoms. The van der Waals surface area contributed by atoms with Gasteiger partial charge in [-0.05, 0) is 30.7 Å². The number of benzene rings is 1. The van der Waals surface area contributed by atoms with Gasteiger partial charge in [-0.2, -0.15) is 13.2 Å². The first-order valence-corrected chi connectivity index (χ1v) is 8.51. The summed E-state index contributed by atoms with van der Waals surface area (Å²) in [6.07, 6.45) is -1.91. The van der Waals surface area contributed by atoms with Gasteiger partial charge in [0.2, 0.25) is 0 Å². The van der Waals surface area contributed by atoms with Crippen LogP contribution in [0, 0.1) is 6.92 Å². The average molecular weight is 508 g/mol. The molecule has 2 aromatic rings. The van der Waals surface area contributed by atoms with Crippen molar-refractivity contribution < 1.29 is 17.9 Å². The number of nitrogens with one attached hydrogen (secondary N) is 2. The van der Waals surface area contributed by atoms with Gasteiger partial charge >= 0.3 is 6.18 Å². The Morgan fingerprint density at radius 1 is 1.18 bits per heavy atom. The highest BCUT2D eigenvalue weighted by atomic mass is 127. The molecule has 1 aromatic heterocycles. The van der Waals surface area contributed by atoms with E-state index in [9.17, 15) is 13.2 Å². The second-order valence-electron chi connectivity index (χ2n) is 5.94. The summed E-state index contributed by atoms with van der Waals surface area (Å²) in [5.74, 6) is 0.761. The number of aromatic nitrogens is 1. The summed E-state index contributed by atoms with van der Waals surface area (Å²) in [6, 6.07) is 10.9. The van der Waals surface area contributed by atoms with E-state index in [1.807, 2.05) is 24.3 Å². The molecule has 0 aliphatic heterocycles. The highest BCUT2D eigenvalue weighted by Crippen LogP contribution is 2.23. The summed E-state index contributed by atoms with van der Waals surface area (Å²) in [5.41, 5.74) is 2.41. The van der Waals surface area contributed by atoms with Gasteiger partial charge in [0, 0.05) is 44.0 Å². The molecule has 2 N–H and O–H groups in total. The fourth-order valence-electron chi connectivity index (χ4n) is 2.36. The summed E-state index contributed by atoms with van der Waals surface area (Å²) in [5, 5.41) is 6.24. The lowest BCUT2D eigenvalue weighted by molar-refractivity contribution is -0.153. The maximum atomic E-state index is 12.4. The van der Waals surface area contributed by atoms with Crippen LogP contribution in [0.1, 0.15) is 16.8 Å². The second kappa shape index (κ2) is 11.7. The van der Waals surface area contributed by atoms with Crippen molar-refractivity contribution in [3.63, 3.8) is 0 Å². The number of alkyl halides is 3. The summed E-state index contributed by atoms with van der Waals surface area (Å²) >= 11 is 0. The lowest BCUT2D eigenvalue weighted by atomic mass is 10.1. The number of pyridine rings is 1. The molecule has 1 heterocycles. The monoisotopic (exact) mass is 508 g/mol. The summed E-state index contributed by atoms with van der Waals surface area (Å²) in [6.45, 7) is 1.40. The Balaban J connectivity index is 0.00000392. The van der Waals surface area contributed by atoms with Crippen LogP contribution in [-0.4, -0.2) is 37.3 Å². The van der Waals surface area contributed by atoms with Gasteiger partial charge in [0.25, 0.3) is 0 Å². The number of rotatable bonds is 7. The number of nitrogens with zero attached hydrogens (tertiary/aromatic N) is 2. The largest absolute Gasteiger partial charge is 0.484 e. The van der Waals surface area contributed by atoms with Gasteiger partial charge in [0.05, 0.1) is 0 Å². The first-order chi connectivity index (χ1) is 12.9. The first kappa shape index (κ1) is 24.0. The van der Waals surface area contributed by atoms with Gasteiger partial charge in [0.15, 0.2) is 12.6 Å². The van der Waals surface area contributed by atoms with E-state index < -0.39 is 12.8 Å². The van der Waals surface area contributed by atoms with Crippen molar-refractivity contribution in [1.82, 2.24) is 15.6 Å². The Morgan fingerprint density at radius 2 is 1.96 bits per heavy atom. The second-order valence-corrected chi connectivity index (χ2v) is 5.94. The van der Waals surface area contributed by atoms with Crippen LogP contribution in [0.3, 0.4) is 0 Å². The molecule has 0 aliphatic rings. The lowest BCUT2D eigenvalue weighted by Crippen LogP contribution is -2.38. The molecule has 2 rings (SSSR count). The third kappa shape index (κ3) is 8.77. The Bertz CT molecular complexity index is 755. The number of halogens is 4. The number of hydrogen-bond donors (Lipinski definition) is 2. The molecule has 0 unspecified atom stereocenters. The van der Waals surface area contributed by atoms with Crippen molar-refractivity contribution in [3.8, 4) is 5.75 Å². The number of guanidine groups is 1. The van der Waals surface area contributed by atoms with Crippen LogP contribution >= 0.6 is 24.0 Å². The summed E-state index contributed by atoms with van der Waals surface area (Å²) in [4.78, 5) is 8.37. The minimum atomic E-state index is -4.38. The van der Waals surface area contributed by atoms with E-state index >= 15 is 0 Å². The van der Waals surface area contributed by atoms with E-state index in [2.05, 4.69) is 20.6 Å². The molecule has 0 aliphatic carbocycles. The highest BCUT2D eigenvalue weighted by molar-refractivity contribution is 14.0. The quantitative estimate of drug-likeness (QED) is 0.339. The van der Waals surface area contributed by atoms with Gasteiger partial charge < -0.3 is 15.4 Å². The average Bonchev–Trinajstić information content (AvgIpc) is 2.64. The van der Waals surface area contributed by atoms with Crippen molar-refractivity contribution in [2.75, 3.05) is 20.2 Å². The normalized spacial score (nSPS) is 11.5. The SMILES string of the molecule is CN=C(NCCc1ccccn1)NCc1ccc(C)cc1OCC(F)(F)F.I. The van der Waals surface area contributed by atoms with Crippen molar-refractivity contribution in [2.45, 2.75) is 26.1 Å². The molecule has 0 saturated heterocycles. The van der Waals surface area contributed by atoms with Gasteiger partial charge in [-0.1, -0.05) is 18.2 Å². The molecule has 0 fully saturated rings. The number of hydrogen-bond acceptors (Lipinski definition) is 3. The zero-order valence-corrected chi connectivity index (χ0v) is 18.0. The van der Waals surface area contributed by atoms with E-state index in [1.165, 1.54) is 0 Å². The minimum absolute atomic E-state index is 0. The van der Waals surface area contributed by atoms with Crippen molar-refractivity contribution in [2.24, 2.45) is 4.99 Å². The summed E-state index contributed by atoms with van der Waals surface area (Å²) < 4.78 is 42.3. The van der Waals surface area contributed by atoms with Gasteiger partial charge in [-0.25, -0.2) is 0 Å². The zero-order chi connectivity index (χ0) is 19.7. The molecule has 0 bridgehead atoms. The predicted octanol–water partition coefficient (Wildman–Crippen LogP) is 3.86. The standard InChI is InChI=1S/C19H23F3N4O.HI/c1-14-6-7-15(17(11-14)27-13-19(20,21)22)12-26-18(23-2)25-10-8-16-5-3-4-9-24-16;/h3-7,9,11H,8,10,12-13H2,1-2H3,(H2,23,25,26);1H. The van der Waals surface area contributed by atoms with Gasteiger partial charge in [0.1, 0.15) is 5.75 Å². The van der Waals surface area contributed by atoms with Crippen LogP contribution in [0.2, 0.25) is 0 Å². The molecule has 0 radical (unpaired) electrons. The Hall–Kier alpha value is -2.04. The van der Waals surface area contributed by atoms with Crippen LogP contribution in [0.15, 0.2) is 47.6 Å². The maximum absolute atomic E-state index is 12.4. The molecule has 5 nitrogen and oxygen atoms in total. The zero-order valence-electron chi connectivity index (χ0n) is 15.7. The lowest BCUT2D eigenvalue weighted by Gasteiger charge is -2.16. The van der Waals surface area contributed by atoms with Crippen molar-refractivity contribution in [1.29, 1.82) is 0 Å². The van der Waals surface area contributed by atoms with Crippen LogP contribution in [-0.2, 0) is 13.0 Å². The van der Waals surface area contributed by atoms with E-state index in [-0.39, 0.29) is 36.3 Å².